The third-order valence-corrected chi connectivity index (χ3v) is 3.52. The number of rotatable bonds is 5. The molecule has 0 spiro atoms. The molecule has 8 nitrogen and oxygen atoms in total. The summed E-state index contributed by atoms with van der Waals surface area (Å²) in [6, 6.07) is 6.70. The van der Waals surface area contributed by atoms with Gasteiger partial charge in [-0.2, -0.15) is 0 Å². The Hall–Kier alpha value is -2.52. The summed E-state index contributed by atoms with van der Waals surface area (Å²) in [7, 11) is -3.56. The molecule has 1 aromatic heterocycles. The average molecular weight is 321 g/mol. The van der Waals surface area contributed by atoms with Crippen LogP contribution in [0, 0.1) is 0 Å². The minimum Gasteiger partial charge on any atom is -0.382 e. The maximum atomic E-state index is 11.9. The third kappa shape index (κ3) is 4.50. The highest BCUT2D eigenvalue weighted by Crippen LogP contribution is 2.08. The van der Waals surface area contributed by atoms with Crippen molar-refractivity contribution in [3.05, 3.63) is 53.5 Å². The second-order valence-electron chi connectivity index (χ2n) is 4.60. The molecule has 22 heavy (non-hydrogen) atoms. The predicted molar refractivity (Wildman–Crippen MR) is 80.9 cm³/mol. The van der Waals surface area contributed by atoms with Gasteiger partial charge in [-0.05, 0) is 11.1 Å². The number of sulfonamides is 1. The number of primary sulfonamides is 1. The van der Waals surface area contributed by atoms with Gasteiger partial charge in [0.1, 0.15) is 0 Å². The van der Waals surface area contributed by atoms with Crippen molar-refractivity contribution in [1.29, 1.82) is 0 Å². The molecule has 9 heteroatoms. The number of aromatic nitrogens is 2. The van der Waals surface area contributed by atoms with Crippen LogP contribution in [0.4, 0.5) is 5.82 Å². The van der Waals surface area contributed by atoms with Crippen LogP contribution in [-0.4, -0.2) is 24.3 Å². The molecule has 0 aliphatic rings. The number of benzene rings is 1. The van der Waals surface area contributed by atoms with Crippen molar-refractivity contribution in [3.63, 3.8) is 0 Å². The molecule has 0 radical (unpaired) electrons. The highest BCUT2D eigenvalue weighted by molar-refractivity contribution is 7.88. The van der Waals surface area contributed by atoms with E-state index in [1.54, 1.807) is 24.3 Å². The molecule has 0 bridgehead atoms. The van der Waals surface area contributed by atoms with Crippen molar-refractivity contribution in [2.75, 3.05) is 5.73 Å². The lowest BCUT2D eigenvalue weighted by Gasteiger charge is -2.07. The van der Waals surface area contributed by atoms with Gasteiger partial charge in [-0.1, -0.05) is 24.3 Å². The van der Waals surface area contributed by atoms with Gasteiger partial charge >= 0.3 is 0 Å². The van der Waals surface area contributed by atoms with Crippen molar-refractivity contribution in [2.45, 2.75) is 12.3 Å². The Morgan fingerprint density at radius 2 is 1.68 bits per heavy atom. The zero-order valence-electron chi connectivity index (χ0n) is 11.6. The number of anilines is 1. The average Bonchev–Trinajstić information content (AvgIpc) is 2.45. The van der Waals surface area contributed by atoms with E-state index in [9.17, 15) is 13.2 Å². The molecule has 1 aromatic carbocycles. The molecule has 5 N–H and O–H groups in total. The van der Waals surface area contributed by atoms with Crippen LogP contribution < -0.4 is 16.2 Å². The van der Waals surface area contributed by atoms with Gasteiger partial charge in [0, 0.05) is 18.9 Å². The molecule has 2 rings (SSSR count). The summed E-state index contributed by atoms with van der Waals surface area (Å²) < 4.78 is 22.0. The van der Waals surface area contributed by atoms with Gasteiger partial charge in [-0.3, -0.25) is 4.79 Å². The molecule has 2 aromatic rings. The van der Waals surface area contributed by atoms with E-state index in [4.69, 9.17) is 10.9 Å². The van der Waals surface area contributed by atoms with E-state index in [1.165, 1.54) is 12.4 Å². The van der Waals surface area contributed by atoms with Crippen molar-refractivity contribution < 1.29 is 13.2 Å². The Kier molecular flexibility index (Phi) is 4.68. The molecule has 1 amide bonds. The predicted octanol–water partition coefficient (Wildman–Crippen LogP) is -0.223. The monoisotopic (exact) mass is 321 g/mol. The van der Waals surface area contributed by atoms with Crippen molar-refractivity contribution in [1.82, 2.24) is 15.3 Å². The Labute approximate surface area is 127 Å². The Balaban J connectivity index is 1.97. The van der Waals surface area contributed by atoms with Gasteiger partial charge in [0.2, 0.25) is 10.0 Å². The minimum absolute atomic E-state index is 0.0588. The molecule has 1 heterocycles. The van der Waals surface area contributed by atoms with Gasteiger partial charge in [-0.15, -0.1) is 0 Å². The third-order valence-electron chi connectivity index (χ3n) is 2.79. The number of nitrogen functional groups attached to an aromatic ring is 1. The van der Waals surface area contributed by atoms with Crippen molar-refractivity contribution >= 4 is 21.7 Å². The number of hydrogen-bond donors (Lipinski definition) is 3. The van der Waals surface area contributed by atoms with Crippen LogP contribution in [0.5, 0.6) is 0 Å². The fourth-order valence-electron chi connectivity index (χ4n) is 1.78. The van der Waals surface area contributed by atoms with E-state index < -0.39 is 15.9 Å². The standard InChI is InChI=1S/C13H15N5O3S/c14-12-11(16-5-6-17-12)13(19)18-7-9-1-3-10(4-2-9)8-22(15,20)21/h1-6H,7-8H2,(H2,14,17)(H,18,19)(H2,15,20,21). The quantitative estimate of drug-likeness (QED) is 0.695. The largest absolute Gasteiger partial charge is 0.382 e. The zero-order valence-corrected chi connectivity index (χ0v) is 12.4. The first-order valence-electron chi connectivity index (χ1n) is 6.28. The van der Waals surface area contributed by atoms with Gasteiger partial charge in [0.15, 0.2) is 11.5 Å². The highest BCUT2D eigenvalue weighted by atomic mass is 32.2. The molecule has 0 aliphatic heterocycles. The van der Waals surface area contributed by atoms with Crippen LogP contribution in [0.2, 0.25) is 0 Å². The minimum atomic E-state index is -3.56. The normalized spacial score (nSPS) is 11.1. The van der Waals surface area contributed by atoms with E-state index >= 15 is 0 Å². The molecular weight excluding hydrogens is 306 g/mol. The van der Waals surface area contributed by atoms with Crippen molar-refractivity contribution in [3.8, 4) is 0 Å². The van der Waals surface area contributed by atoms with Gasteiger partial charge in [-0.25, -0.2) is 23.5 Å². The molecule has 116 valence electrons. The van der Waals surface area contributed by atoms with Gasteiger partial charge in [0.25, 0.3) is 5.91 Å². The van der Waals surface area contributed by atoms with Crippen LogP contribution in [0.25, 0.3) is 0 Å². The maximum absolute atomic E-state index is 11.9. The van der Waals surface area contributed by atoms with E-state index in [2.05, 4.69) is 15.3 Å². The molecular formula is C13H15N5O3S. The fourth-order valence-corrected chi connectivity index (χ4v) is 2.43. The highest BCUT2D eigenvalue weighted by Gasteiger charge is 2.11. The SMILES string of the molecule is Nc1nccnc1C(=O)NCc1ccc(CS(N)(=O)=O)cc1. The van der Waals surface area contributed by atoms with Gasteiger partial charge in [0.05, 0.1) is 5.75 Å². The smallest absolute Gasteiger partial charge is 0.273 e. The summed E-state index contributed by atoms with van der Waals surface area (Å²) in [6.07, 6.45) is 2.78. The number of amides is 1. The lowest BCUT2D eigenvalue weighted by atomic mass is 10.1. The van der Waals surface area contributed by atoms with Gasteiger partial charge < -0.3 is 11.1 Å². The number of carbonyl (C=O) groups is 1. The molecule has 0 atom stereocenters. The first kappa shape index (κ1) is 15.9. The van der Waals surface area contributed by atoms with E-state index in [-0.39, 0.29) is 23.8 Å². The second-order valence-corrected chi connectivity index (χ2v) is 6.21. The number of nitrogens with zero attached hydrogens (tertiary/aromatic N) is 2. The zero-order chi connectivity index (χ0) is 16.2. The molecule has 0 fully saturated rings. The van der Waals surface area contributed by atoms with Crippen LogP contribution in [-0.2, 0) is 22.3 Å². The number of nitrogens with one attached hydrogen (secondary N) is 1. The number of carbonyl (C=O) groups excluding carboxylic acids is 1. The first-order chi connectivity index (χ1) is 10.3. The summed E-state index contributed by atoms with van der Waals surface area (Å²) in [5.41, 5.74) is 7.01. The molecule has 0 aliphatic carbocycles. The number of hydrogen-bond acceptors (Lipinski definition) is 6. The summed E-state index contributed by atoms with van der Waals surface area (Å²) in [5.74, 6) is -0.599. The van der Waals surface area contributed by atoms with Crippen LogP contribution >= 0.6 is 0 Å². The van der Waals surface area contributed by atoms with Crippen LogP contribution in [0.3, 0.4) is 0 Å². The van der Waals surface area contributed by atoms with E-state index in [0.717, 1.165) is 5.56 Å². The fraction of sp³-hybridized carbons (Fsp3) is 0.154. The van der Waals surface area contributed by atoms with Crippen molar-refractivity contribution in [2.24, 2.45) is 5.14 Å². The topological polar surface area (TPSA) is 141 Å². The summed E-state index contributed by atoms with van der Waals surface area (Å²) in [4.78, 5) is 19.6. The Morgan fingerprint density at radius 3 is 2.27 bits per heavy atom. The number of nitrogens with two attached hydrogens (primary N) is 2. The summed E-state index contributed by atoms with van der Waals surface area (Å²) >= 11 is 0. The van der Waals surface area contributed by atoms with E-state index in [1.807, 2.05) is 0 Å². The molecule has 0 saturated carbocycles. The summed E-state index contributed by atoms with van der Waals surface area (Å²) in [5, 5.41) is 7.63. The van der Waals surface area contributed by atoms with Crippen LogP contribution in [0.1, 0.15) is 21.6 Å². The van der Waals surface area contributed by atoms with Crippen LogP contribution in [0.15, 0.2) is 36.7 Å². The van der Waals surface area contributed by atoms with E-state index in [0.29, 0.717) is 5.56 Å². The lowest BCUT2D eigenvalue weighted by molar-refractivity contribution is 0.0946. The second kappa shape index (κ2) is 6.50. The Morgan fingerprint density at radius 1 is 1.09 bits per heavy atom. The molecule has 0 unspecified atom stereocenters. The maximum Gasteiger partial charge on any atom is 0.273 e. The lowest BCUT2D eigenvalue weighted by Crippen LogP contribution is -2.25. The first-order valence-corrected chi connectivity index (χ1v) is 7.99. The molecule has 0 saturated heterocycles. The summed E-state index contributed by atoms with van der Waals surface area (Å²) in [6.45, 7) is 0.254. The Bertz CT molecular complexity index is 775.